The van der Waals surface area contributed by atoms with Crippen molar-refractivity contribution in [1.82, 2.24) is 4.98 Å². The van der Waals surface area contributed by atoms with E-state index in [1.807, 2.05) is 13.0 Å². The molecule has 1 heterocycles. The minimum absolute atomic E-state index is 0.480. The summed E-state index contributed by atoms with van der Waals surface area (Å²) < 4.78 is 25.9. The van der Waals surface area contributed by atoms with Crippen LogP contribution >= 0.6 is 0 Å². The minimum atomic E-state index is -0.885. The predicted octanol–water partition coefficient (Wildman–Crippen LogP) is 2.72. The highest BCUT2D eigenvalue weighted by atomic mass is 19.2. The Morgan fingerprint density at radius 1 is 1.06 bits per heavy atom. The van der Waals surface area contributed by atoms with Gasteiger partial charge in [0.25, 0.3) is 0 Å². The molecule has 0 fully saturated rings. The lowest BCUT2D eigenvalue weighted by atomic mass is 10.00. The zero-order valence-electron chi connectivity index (χ0n) is 9.32. The fraction of sp³-hybridized carbons (Fsp3) is 0.154. The van der Waals surface area contributed by atoms with Gasteiger partial charge >= 0.3 is 0 Å². The van der Waals surface area contributed by atoms with Gasteiger partial charge in [-0.15, -0.1) is 0 Å². The Bertz CT molecular complexity index is 541. The van der Waals surface area contributed by atoms with Crippen LogP contribution in [0.5, 0.6) is 0 Å². The van der Waals surface area contributed by atoms with E-state index in [4.69, 9.17) is 5.73 Å². The first-order valence-electron chi connectivity index (χ1n) is 5.21. The number of aromatic nitrogens is 1. The summed E-state index contributed by atoms with van der Waals surface area (Å²) in [6.45, 7) is 1.85. The molecular weight excluding hydrogens is 222 g/mol. The van der Waals surface area contributed by atoms with Gasteiger partial charge in [0.1, 0.15) is 0 Å². The van der Waals surface area contributed by atoms with Crippen molar-refractivity contribution >= 4 is 0 Å². The molecule has 88 valence electrons. The molecule has 17 heavy (non-hydrogen) atoms. The molecule has 0 radical (unpaired) electrons. The number of rotatable bonds is 2. The van der Waals surface area contributed by atoms with Crippen molar-refractivity contribution < 1.29 is 8.78 Å². The zero-order chi connectivity index (χ0) is 12.4. The van der Waals surface area contributed by atoms with E-state index >= 15 is 0 Å². The van der Waals surface area contributed by atoms with Crippen molar-refractivity contribution in [2.75, 3.05) is 0 Å². The number of nitrogens with two attached hydrogens (primary N) is 1. The van der Waals surface area contributed by atoms with Gasteiger partial charge in [0, 0.05) is 11.9 Å². The molecule has 1 aromatic carbocycles. The van der Waals surface area contributed by atoms with Gasteiger partial charge in [-0.2, -0.15) is 0 Å². The van der Waals surface area contributed by atoms with Crippen LogP contribution in [0, 0.1) is 18.6 Å². The molecule has 2 N–H and O–H groups in total. The summed E-state index contributed by atoms with van der Waals surface area (Å²) in [6.07, 6.45) is 1.64. The minimum Gasteiger partial charge on any atom is -0.320 e. The normalized spacial score (nSPS) is 12.5. The Balaban J connectivity index is 2.36. The SMILES string of the molecule is Cc1cc(C(N)c2ccc(F)c(F)c2)ccn1. The lowest BCUT2D eigenvalue weighted by Gasteiger charge is -2.13. The van der Waals surface area contributed by atoms with Gasteiger partial charge in [0.15, 0.2) is 11.6 Å². The number of aryl methyl sites for hydroxylation is 1. The third-order valence-corrected chi connectivity index (χ3v) is 2.58. The first kappa shape index (κ1) is 11.7. The van der Waals surface area contributed by atoms with Crippen LogP contribution in [0.15, 0.2) is 36.5 Å². The lowest BCUT2D eigenvalue weighted by molar-refractivity contribution is 0.506. The van der Waals surface area contributed by atoms with Gasteiger partial charge < -0.3 is 5.73 Å². The predicted molar refractivity (Wildman–Crippen MR) is 61.4 cm³/mol. The van der Waals surface area contributed by atoms with E-state index in [1.54, 1.807) is 12.3 Å². The van der Waals surface area contributed by atoms with Gasteiger partial charge in [-0.05, 0) is 42.3 Å². The van der Waals surface area contributed by atoms with E-state index in [0.29, 0.717) is 5.56 Å². The maximum absolute atomic E-state index is 13.1. The van der Waals surface area contributed by atoms with Crippen LogP contribution in [-0.4, -0.2) is 4.98 Å². The third kappa shape index (κ3) is 2.47. The van der Waals surface area contributed by atoms with Crippen LogP contribution in [0.3, 0.4) is 0 Å². The number of hydrogen-bond donors (Lipinski definition) is 1. The van der Waals surface area contributed by atoms with Crippen LogP contribution in [0.1, 0.15) is 22.9 Å². The molecule has 0 aliphatic carbocycles. The average Bonchev–Trinajstić information content (AvgIpc) is 2.32. The molecule has 1 unspecified atom stereocenters. The molecule has 0 saturated heterocycles. The third-order valence-electron chi connectivity index (χ3n) is 2.58. The highest BCUT2D eigenvalue weighted by Gasteiger charge is 2.11. The second kappa shape index (κ2) is 4.59. The molecule has 2 rings (SSSR count). The van der Waals surface area contributed by atoms with Gasteiger partial charge in [-0.25, -0.2) is 8.78 Å². The standard InChI is InChI=1S/C13H12F2N2/c1-8-6-10(4-5-17-8)13(16)9-2-3-11(14)12(15)7-9/h2-7,13H,16H2,1H3. The molecule has 4 heteroatoms. The van der Waals surface area contributed by atoms with E-state index in [9.17, 15) is 8.78 Å². The topological polar surface area (TPSA) is 38.9 Å². The van der Waals surface area contributed by atoms with E-state index in [1.165, 1.54) is 6.07 Å². The molecule has 2 aromatic rings. The number of halogens is 2. The summed E-state index contributed by atoms with van der Waals surface area (Å²) >= 11 is 0. The summed E-state index contributed by atoms with van der Waals surface area (Å²) in [5.74, 6) is -1.75. The summed E-state index contributed by atoms with van der Waals surface area (Å²) in [4.78, 5) is 4.06. The number of pyridine rings is 1. The summed E-state index contributed by atoms with van der Waals surface area (Å²) in [5.41, 5.74) is 8.18. The highest BCUT2D eigenvalue weighted by molar-refractivity contribution is 5.31. The quantitative estimate of drug-likeness (QED) is 0.867. The molecular formula is C13H12F2N2. The smallest absolute Gasteiger partial charge is 0.159 e. The van der Waals surface area contributed by atoms with Gasteiger partial charge in [0.2, 0.25) is 0 Å². The molecule has 1 aromatic heterocycles. The number of nitrogens with zero attached hydrogens (tertiary/aromatic N) is 1. The maximum atomic E-state index is 13.1. The molecule has 0 saturated carbocycles. The summed E-state index contributed by atoms with van der Waals surface area (Å²) in [5, 5.41) is 0. The average molecular weight is 234 g/mol. The summed E-state index contributed by atoms with van der Waals surface area (Å²) in [7, 11) is 0. The Morgan fingerprint density at radius 3 is 2.41 bits per heavy atom. The Morgan fingerprint density at radius 2 is 1.76 bits per heavy atom. The molecule has 0 aliphatic rings. The van der Waals surface area contributed by atoms with E-state index in [2.05, 4.69) is 4.98 Å². The first-order chi connectivity index (χ1) is 8.08. The molecule has 0 spiro atoms. The van der Waals surface area contributed by atoms with Gasteiger partial charge in [-0.1, -0.05) is 6.07 Å². The molecule has 0 aliphatic heterocycles. The van der Waals surface area contributed by atoms with E-state index < -0.39 is 17.7 Å². The van der Waals surface area contributed by atoms with Crippen LogP contribution < -0.4 is 5.73 Å². The second-order valence-corrected chi connectivity index (χ2v) is 3.88. The largest absolute Gasteiger partial charge is 0.320 e. The monoisotopic (exact) mass is 234 g/mol. The highest BCUT2D eigenvalue weighted by Crippen LogP contribution is 2.21. The lowest BCUT2D eigenvalue weighted by Crippen LogP contribution is -2.12. The maximum Gasteiger partial charge on any atom is 0.159 e. The van der Waals surface area contributed by atoms with Crippen molar-refractivity contribution in [3.63, 3.8) is 0 Å². The summed E-state index contributed by atoms with van der Waals surface area (Å²) in [6, 6.07) is 6.80. The van der Waals surface area contributed by atoms with Gasteiger partial charge in [0.05, 0.1) is 6.04 Å². The van der Waals surface area contributed by atoms with Gasteiger partial charge in [-0.3, -0.25) is 4.98 Å². The van der Waals surface area contributed by atoms with Crippen molar-refractivity contribution in [3.05, 3.63) is 65.0 Å². The zero-order valence-corrected chi connectivity index (χ0v) is 9.32. The Kier molecular flexibility index (Phi) is 3.15. The fourth-order valence-electron chi connectivity index (χ4n) is 1.66. The molecule has 1 atom stereocenters. The fourth-order valence-corrected chi connectivity index (χ4v) is 1.66. The van der Waals surface area contributed by atoms with Crippen LogP contribution in [-0.2, 0) is 0 Å². The van der Waals surface area contributed by atoms with Crippen molar-refractivity contribution in [2.24, 2.45) is 5.73 Å². The number of hydrogen-bond acceptors (Lipinski definition) is 2. The Labute approximate surface area is 98.1 Å². The van der Waals surface area contributed by atoms with Crippen LogP contribution in [0.25, 0.3) is 0 Å². The molecule has 0 bridgehead atoms. The molecule has 0 amide bonds. The first-order valence-corrected chi connectivity index (χ1v) is 5.21. The molecule has 2 nitrogen and oxygen atoms in total. The number of benzene rings is 1. The second-order valence-electron chi connectivity index (χ2n) is 3.88. The van der Waals surface area contributed by atoms with E-state index in [0.717, 1.165) is 23.4 Å². The van der Waals surface area contributed by atoms with Crippen LogP contribution in [0.2, 0.25) is 0 Å². The van der Waals surface area contributed by atoms with Crippen LogP contribution in [0.4, 0.5) is 8.78 Å². The van der Waals surface area contributed by atoms with Crippen molar-refractivity contribution in [3.8, 4) is 0 Å². The van der Waals surface area contributed by atoms with E-state index in [-0.39, 0.29) is 0 Å². The van der Waals surface area contributed by atoms with Crippen molar-refractivity contribution in [2.45, 2.75) is 13.0 Å². The Hall–Kier alpha value is -1.81. The van der Waals surface area contributed by atoms with Crippen molar-refractivity contribution in [1.29, 1.82) is 0 Å².